The quantitative estimate of drug-likeness (QED) is 0.801. The van der Waals surface area contributed by atoms with Crippen molar-refractivity contribution in [3.63, 3.8) is 0 Å². The predicted molar refractivity (Wildman–Crippen MR) is 73.7 cm³/mol. The summed E-state index contributed by atoms with van der Waals surface area (Å²) in [5.41, 5.74) is 1.06. The molecule has 2 rings (SSSR count). The number of aliphatic hydroxyl groups excluding tert-OH is 1. The van der Waals surface area contributed by atoms with Crippen molar-refractivity contribution in [3.8, 4) is 11.3 Å². The monoisotopic (exact) mass is 261 g/mol. The van der Waals surface area contributed by atoms with Crippen LogP contribution in [0.3, 0.4) is 0 Å². The van der Waals surface area contributed by atoms with Crippen molar-refractivity contribution in [2.75, 3.05) is 20.3 Å². The summed E-state index contributed by atoms with van der Waals surface area (Å²) in [5.74, 6) is 1.71. The maximum atomic E-state index is 9.49. The van der Waals surface area contributed by atoms with Gasteiger partial charge in [0.25, 0.3) is 0 Å². The van der Waals surface area contributed by atoms with Gasteiger partial charge in [0.05, 0.1) is 19.3 Å². The molecule has 2 aromatic rings. The molecule has 0 aliphatic carbocycles. The maximum absolute atomic E-state index is 9.49. The number of nitrogens with one attached hydrogen (secondary N) is 1. The van der Waals surface area contributed by atoms with Gasteiger partial charge in [0.15, 0.2) is 0 Å². The van der Waals surface area contributed by atoms with Gasteiger partial charge in [-0.3, -0.25) is 0 Å². The Balaban J connectivity index is 1.85. The topological polar surface area (TPSA) is 54.6 Å². The second-order valence-corrected chi connectivity index (χ2v) is 4.37. The number of hydrogen-bond acceptors (Lipinski definition) is 4. The van der Waals surface area contributed by atoms with Crippen LogP contribution in [-0.4, -0.2) is 31.5 Å². The second-order valence-electron chi connectivity index (χ2n) is 4.37. The molecule has 2 N–H and O–H groups in total. The summed E-state index contributed by atoms with van der Waals surface area (Å²) in [6.45, 7) is 1.41. The fourth-order valence-corrected chi connectivity index (χ4v) is 1.84. The number of methoxy groups -OCH3 is 1. The maximum Gasteiger partial charge on any atom is 0.134 e. The van der Waals surface area contributed by atoms with Crippen LogP contribution in [0.5, 0.6) is 0 Å². The molecule has 0 bridgehead atoms. The average molecular weight is 261 g/mol. The van der Waals surface area contributed by atoms with E-state index in [1.165, 1.54) is 0 Å². The molecular weight excluding hydrogens is 242 g/mol. The molecule has 0 amide bonds. The van der Waals surface area contributed by atoms with Gasteiger partial charge >= 0.3 is 0 Å². The van der Waals surface area contributed by atoms with Crippen LogP contribution < -0.4 is 5.32 Å². The highest BCUT2D eigenvalue weighted by Crippen LogP contribution is 2.21. The Hall–Kier alpha value is -1.62. The van der Waals surface area contributed by atoms with Crippen LogP contribution in [0.4, 0.5) is 0 Å². The van der Waals surface area contributed by atoms with Crippen LogP contribution >= 0.6 is 0 Å². The summed E-state index contributed by atoms with van der Waals surface area (Å²) < 4.78 is 10.6. The zero-order valence-electron chi connectivity index (χ0n) is 11.0. The fourth-order valence-electron chi connectivity index (χ4n) is 1.84. The predicted octanol–water partition coefficient (Wildman–Crippen LogP) is 2.04. The minimum Gasteiger partial charge on any atom is -0.460 e. The molecule has 0 saturated heterocycles. The van der Waals surface area contributed by atoms with Crippen LogP contribution in [0, 0.1) is 0 Å². The molecule has 102 valence electrons. The minimum absolute atomic E-state index is 0.334. The number of benzene rings is 1. The Labute approximate surface area is 113 Å². The van der Waals surface area contributed by atoms with E-state index in [4.69, 9.17) is 9.15 Å². The van der Waals surface area contributed by atoms with E-state index in [1.807, 2.05) is 42.5 Å². The van der Waals surface area contributed by atoms with Crippen molar-refractivity contribution in [3.05, 3.63) is 48.2 Å². The molecule has 1 heterocycles. The van der Waals surface area contributed by atoms with Crippen LogP contribution in [0.2, 0.25) is 0 Å². The SMILES string of the molecule is COCC(O)CNCc1ccc(-c2ccccc2)o1. The van der Waals surface area contributed by atoms with Gasteiger partial charge in [-0.1, -0.05) is 30.3 Å². The second kappa shape index (κ2) is 7.09. The lowest BCUT2D eigenvalue weighted by Crippen LogP contribution is -2.29. The zero-order valence-corrected chi connectivity index (χ0v) is 11.0. The summed E-state index contributed by atoms with van der Waals surface area (Å²) in [6.07, 6.45) is -0.492. The smallest absolute Gasteiger partial charge is 0.134 e. The number of aliphatic hydroxyl groups is 1. The molecule has 0 aliphatic heterocycles. The van der Waals surface area contributed by atoms with Crippen LogP contribution in [0.1, 0.15) is 5.76 Å². The Morgan fingerprint density at radius 2 is 2.00 bits per heavy atom. The van der Waals surface area contributed by atoms with Gasteiger partial charge in [-0.15, -0.1) is 0 Å². The van der Waals surface area contributed by atoms with Gasteiger partial charge in [0.1, 0.15) is 11.5 Å². The first kappa shape index (κ1) is 13.8. The van der Waals surface area contributed by atoms with Gasteiger partial charge < -0.3 is 19.6 Å². The molecule has 1 aromatic carbocycles. The van der Waals surface area contributed by atoms with Crippen molar-refractivity contribution >= 4 is 0 Å². The molecule has 0 saturated carbocycles. The van der Waals surface area contributed by atoms with Crippen molar-refractivity contribution in [1.82, 2.24) is 5.32 Å². The number of hydrogen-bond donors (Lipinski definition) is 2. The molecule has 1 unspecified atom stereocenters. The van der Waals surface area contributed by atoms with E-state index in [-0.39, 0.29) is 0 Å². The molecule has 1 aromatic heterocycles. The summed E-state index contributed by atoms with van der Waals surface area (Å²) in [5, 5.41) is 12.6. The van der Waals surface area contributed by atoms with E-state index in [1.54, 1.807) is 7.11 Å². The average Bonchev–Trinajstić information content (AvgIpc) is 2.89. The van der Waals surface area contributed by atoms with Gasteiger partial charge in [-0.2, -0.15) is 0 Å². The van der Waals surface area contributed by atoms with Crippen LogP contribution in [0.15, 0.2) is 46.9 Å². The Morgan fingerprint density at radius 3 is 2.74 bits per heavy atom. The summed E-state index contributed by atoms with van der Waals surface area (Å²) in [6, 6.07) is 13.9. The summed E-state index contributed by atoms with van der Waals surface area (Å²) >= 11 is 0. The Bertz CT molecular complexity index is 481. The number of rotatable bonds is 7. The summed E-state index contributed by atoms with van der Waals surface area (Å²) in [4.78, 5) is 0. The first-order chi connectivity index (χ1) is 9.29. The highest BCUT2D eigenvalue weighted by molar-refractivity contribution is 5.57. The van der Waals surface area contributed by atoms with Gasteiger partial charge in [-0.25, -0.2) is 0 Å². The van der Waals surface area contributed by atoms with E-state index in [0.717, 1.165) is 17.1 Å². The molecular formula is C15H19NO3. The van der Waals surface area contributed by atoms with Gasteiger partial charge in [0, 0.05) is 19.2 Å². The van der Waals surface area contributed by atoms with Crippen molar-refractivity contribution in [2.24, 2.45) is 0 Å². The van der Waals surface area contributed by atoms with Crippen molar-refractivity contribution in [2.45, 2.75) is 12.6 Å². The molecule has 4 nitrogen and oxygen atoms in total. The molecule has 0 aliphatic rings. The standard InChI is InChI=1S/C15H19NO3/c1-18-11-13(17)9-16-10-14-7-8-15(19-14)12-5-3-2-4-6-12/h2-8,13,16-17H,9-11H2,1H3. The minimum atomic E-state index is -0.492. The number of ether oxygens (including phenoxy) is 1. The third kappa shape index (κ3) is 4.21. The molecule has 0 radical (unpaired) electrons. The first-order valence-electron chi connectivity index (χ1n) is 6.31. The van der Waals surface area contributed by atoms with Gasteiger partial charge in [0.2, 0.25) is 0 Å². The van der Waals surface area contributed by atoms with E-state index in [2.05, 4.69) is 5.32 Å². The largest absolute Gasteiger partial charge is 0.460 e. The molecule has 0 spiro atoms. The summed E-state index contributed by atoms with van der Waals surface area (Å²) in [7, 11) is 1.57. The normalized spacial score (nSPS) is 12.5. The lowest BCUT2D eigenvalue weighted by molar-refractivity contribution is 0.0641. The Kier molecular flexibility index (Phi) is 5.15. The first-order valence-corrected chi connectivity index (χ1v) is 6.31. The molecule has 0 fully saturated rings. The van der Waals surface area contributed by atoms with Crippen LogP contribution in [0.25, 0.3) is 11.3 Å². The van der Waals surface area contributed by atoms with E-state index >= 15 is 0 Å². The number of furan rings is 1. The third-order valence-corrected chi connectivity index (χ3v) is 2.76. The lowest BCUT2D eigenvalue weighted by atomic mass is 10.2. The highest BCUT2D eigenvalue weighted by Gasteiger charge is 2.06. The van der Waals surface area contributed by atoms with E-state index < -0.39 is 6.10 Å². The van der Waals surface area contributed by atoms with Crippen molar-refractivity contribution < 1.29 is 14.3 Å². The molecule has 1 atom stereocenters. The fraction of sp³-hybridized carbons (Fsp3) is 0.333. The lowest BCUT2D eigenvalue weighted by Gasteiger charge is -2.09. The highest BCUT2D eigenvalue weighted by atomic mass is 16.5. The molecule has 4 heteroatoms. The van der Waals surface area contributed by atoms with E-state index in [9.17, 15) is 5.11 Å². The van der Waals surface area contributed by atoms with Crippen molar-refractivity contribution in [1.29, 1.82) is 0 Å². The third-order valence-electron chi connectivity index (χ3n) is 2.76. The van der Waals surface area contributed by atoms with Gasteiger partial charge in [-0.05, 0) is 12.1 Å². The molecule has 19 heavy (non-hydrogen) atoms. The van der Waals surface area contributed by atoms with Crippen LogP contribution in [-0.2, 0) is 11.3 Å². The zero-order chi connectivity index (χ0) is 13.5. The Morgan fingerprint density at radius 1 is 1.21 bits per heavy atom. The van der Waals surface area contributed by atoms with E-state index in [0.29, 0.717) is 19.7 Å².